The Morgan fingerprint density at radius 3 is 2.33 bits per heavy atom. The van der Waals surface area contributed by atoms with Gasteiger partial charge in [-0.05, 0) is 50.2 Å². The van der Waals surface area contributed by atoms with Gasteiger partial charge >= 0.3 is 0 Å². The number of nitrogens with two attached hydrogens (primary N) is 1. The lowest BCUT2D eigenvalue weighted by atomic mass is 9.84. The number of piperazine rings is 1. The monoisotopic (exact) mass is 347 g/mol. The van der Waals surface area contributed by atoms with E-state index in [1.165, 1.54) is 17.8 Å². The van der Waals surface area contributed by atoms with E-state index in [9.17, 15) is 9.59 Å². The third-order valence-electron chi connectivity index (χ3n) is 6.10. The second-order valence-electron chi connectivity index (χ2n) is 7.46. The number of carbonyl (C=O) groups excluding carboxylic acids is 2. The molecule has 2 heterocycles. The Kier molecular flexibility index (Phi) is 4.12. The van der Waals surface area contributed by atoms with Crippen molar-refractivity contribution in [3.05, 3.63) is 21.9 Å². The molecule has 0 spiro atoms. The minimum atomic E-state index is 0.0194. The molecule has 2 amide bonds. The summed E-state index contributed by atoms with van der Waals surface area (Å²) in [5.41, 5.74) is 6.31. The van der Waals surface area contributed by atoms with Crippen molar-refractivity contribution < 1.29 is 9.59 Å². The molecule has 0 radical (unpaired) electrons. The number of nitrogens with zero attached hydrogens (tertiary/aromatic N) is 2. The van der Waals surface area contributed by atoms with E-state index in [0.717, 1.165) is 22.6 Å². The lowest BCUT2D eigenvalue weighted by molar-refractivity contribution is -0.139. The molecule has 4 atom stereocenters. The predicted octanol–water partition coefficient (Wildman–Crippen LogP) is 1.71. The van der Waals surface area contributed by atoms with Crippen molar-refractivity contribution in [1.29, 1.82) is 0 Å². The van der Waals surface area contributed by atoms with Crippen LogP contribution in [0.25, 0.3) is 0 Å². The van der Waals surface area contributed by atoms with Gasteiger partial charge in [0.15, 0.2) is 0 Å². The standard InChI is InChI=1S/C18H25N3O2S/c1-11-2-5-14(24-11)17(22)20-6-8-21(9-7-20)18(23)15-12-3-4-13(10-12)16(15)19/h2,5,12-13,15-16H,3-4,6-10,19H2,1H3. The van der Waals surface area contributed by atoms with Gasteiger partial charge in [-0.2, -0.15) is 0 Å². The highest BCUT2D eigenvalue weighted by molar-refractivity contribution is 7.13. The van der Waals surface area contributed by atoms with E-state index in [-0.39, 0.29) is 23.8 Å². The summed E-state index contributed by atoms with van der Waals surface area (Å²) in [5, 5.41) is 0. The van der Waals surface area contributed by atoms with Crippen molar-refractivity contribution in [1.82, 2.24) is 9.80 Å². The molecule has 1 aromatic heterocycles. The number of hydrogen-bond donors (Lipinski definition) is 1. The molecular formula is C18H25N3O2S. The first kappa shape index (κ1) is 16.1. The highest BCUT2D eigenvalue weighted by atomic mass is 32.1. The number of aryl methyl sites for hydroxylation is 1. The molecule has 1 aliphatic heterocycles. The average Bonchev–Trinajstić information content (AvgIpc) is 3.30. The molecular weight excluding hydrogens is 322 g/mol. The topological polar surface area (TPSA) is 66.6 Å². The Balaban J connectivity index is 1.36. The first-order chi connectivity index (χ1) is 11.5. The Labute approximate surface area is 146 Å². The molecule has 2 bridgehead atoms. The number of amides is 2. The van der Waals surface area contributed by atoms with Crippen LogP contribution in [0.15, 0.2) is 12.1 Å². The maximum absolute atomic E-state index is 12.9. The van der Waals surface area contributed by atoms with Gasteiger partial charge in [-0.15, -0.1) is 11.3 Å². The van der Waals surface area contributed by atoms with Crippen molar-refractivity contribution in [2.45, 2.75) is 32.2 Å². The zero-order valence-corrected chi connectivity index (χ0v) is 14.9. The predicted molar refractivity (Wildman–Crippen MR) is 93.8 cm³/mol. The van der Waals surface area contributed by atoms with E-state index in [4.69, 9.17) is 5.73 Å². The van der Waals surface area contributed by atoms with Crippen molar-refractivity contribution in [2.24, 2.45) is 23.5 Å². The van der Waals surface area contributed by atoms with Gasteiger partial charge in [0.05, 0.1) is 10.8 Å². The first-order valence-electron chi connectivity index (χ1n) is 8.94. The lowest BCUT2D eigenvalue weighted by Gasteiger charge is -2.38. The van der Waals surface area contributed by atoms with Crippen molar-refractivity contribution in [3.8, 4) is 0 Å². The third-order valence-corrected chi connectivity index (χ3v) is 7.08. The minimum absolute atomic E-state index is 0.0194. The Hall–Kier alpha value is -1.40. The summed E-state index contributed by atoms with van der Waals surface area (Å²) in [6.45, 7) is 4.52. The zero-order chi connectivity index (χ0) is 16.8. The molecule has 24 heavy (non-hydrogen) atoms. The summed E-state index contributed by atoms with van der Waals surface area (Å²) < 4.78 is 0. The van der Waals surface area contributed by atoms with Gasteiger partial charge in [0.1, 0.15) is 0 Å². The van der Waals surface area contributed by atoms with Gasteiger partial charge in [0.2, 0.25) is 5.91 Å². The molecule has 1 aromatic rings. The summed E-state index contributed by atoms with van der Waals surface area (Å²) in [4.78, 5) is 31.2. The number of fused-ring (bicyclic) bond motifs is 2. The average molecular weight is 347 g/mol. The SMILES string of the molecule is Cc1ccc(C(=O)N2CCN(C(=O)C3C4CCC(C4)C3N)CC2)s1. The molecule has 3 fully saturated rings. The maximum Gasteiger partial charge on any atom is 0.264 e. The fourth-order valence-corrected chi connectivity index (χ4v) is 5.58. The molecule has 0 aromatic carbocycles. The minimum Gasteiger partial charge on any atom is -0.339 e. The van der Waals surface area contributed by atoms with Crippen LogP contribution in [0.3, 0.4) is 0 Å². The van der Waals surface area contributed by atoms with E-state index in [1.807, 2.05) is 28.9 Å². The second-order valence-corrected chi connectivity index (χ2v) is 8.75. The van der Waals surface area contributed by atoms with E-state index in [1.54, 1.807) is 0 Å². The maximum atomic E-state index is 12.9. The lowest BCUT2D eigenvalue weighted by Crippen LogP contribution is -2.54. The molecule has 4 rings (SSSR count). The van der Waals surface area contributed by atoms with Crippen molar-refractivity contribution >= 4 is 23.2 Å². The number of rotatable bonds is 2. The fraction of sp³-hybridized carbons (Fsp3) is 0.667. The quantitative estimate of drug-likeness (QED) is 0.886. The van der Waals surface area contributed by atoms with E-state index in [2.05, 4.69) is 0 Å². The van der Waals surface area contributed by atoms with Gasteiger partial charge in [-0.1, -0.05) is 0 Å². The Morgan fingerprint density at radius 1 is 1.08 bits per heavy atom. The molecule has 2 aliphatic carbocycles. The summed E-state index contributed by atoms with van der Waals surface area (Å²) in [5.74, 6) is 1.39. The summed E-state index contributed by atoms with van der Waals surface area (Å²) >= 11 is 1.54. The van der Waals surface area contributed by atoms with Crippen molar-refractivity contribution in [2.75, 3.05) is 26.2 Å². The molecule has 2 N–H and O–H groups in total. The van der Waals surface area contributed by atoms with Crippen LogP contribution in [0.4, 0.5) is 0 Å². The fourth-order valence-electron chi connectivity index (χ4n) is 4.75. The van der Waals surface area contributed by atoms with Crippen LogP contribution in [-0.4, -0.2) is 53.8 Å². The first-order valence-corrected chi connectivity index (χ1v) is 9.76. The van der Waals surface area contributed by atoms with Crippen LogP contribution in [0.1, 0.15) is 33.8 Å². The van der Waals surface area contributed by atoms with Crippen molar-refractivity contribution in [3.63, 3.8) is 0 Å². The van der Waals surface area contributed by atoms with Gasteiger partial charge in [-0.3, -0.25) is 9.59 Å². The summed E-state index contributed by atoms with van der Waals surface area (Å²) in [6, 6.07) is 3.92. The highest BCUT2D eigenvalue weighted by Crippen LogP contribution is 2.48. The molecule has 3 aliphatic rings. The van der Waals surface area contributed by atoms with Gasteiger partial charge < -0.3 is 15.5 Å². The van der Waals surface area contributed by atoms with E-state index >= 15 is 0 Å². The normalized spacial score (nSPS) is 32.4. The number of thiophene rings is 1. The smallest absolute Gasteiger partial charge is 0.264 e. The Morgan fingerprint density at radius 2 is 1.75 bits per heavy atom. The van der Waals surface area contributed by atoms with Gasteiger partial charge in [0, 0.05) is 37.1 Å². The molecule has 6 heteroatoms. The van der Waals surface area contributed by atoms with Crippen LogP contribution in [0.2, 0.25) is 0 Å². The molecule has 2 saturated carbocycles. The molecule has 4 unspecified atom stereocenters. The highest BCUT2D eigenvalue weighted by Gasteiger charge is 2.50. The summed E-state index contributed by atoms with van der Waals surface area (Å²) in [7, 11) is 0. The molecule has 1 saturated heterocycles. The number of hydrogen-bond acceptors (Lipinski definition) is 4. The van der Waals surface area contributed by atoms with Crippen LogP contribution >= 0.6 is 11.3 Å². The zero-order valence-electron chi connectivity index (χ0n) is 14.1. The Bertz CT molecular complexity index is 648. The third kappa shape index (κ3) is 2.65. The van der Waals surface area contributed by atoms with Gasteiger partial charge in [0.25, 0.3) is 5.91 Å². The van der Waals surface area contributed by atoms with Crippen LogP contribution in [0.5, 0.6) is 0 Å². The molecule has 5 nitrogen and oxygen atoms in total. The van der Waals surface area contributed by atoms with Gasteiger partial charge in [-0.25, -0.2) is 0 Å². The number of carbonyl (C=O) groups is 2. The van der Waals surface area contributed by atoms with Crippen LogP contribution < -0.4 is 5.73 Å². The van der Waals surface area contributed by atoms with Crippen LogP contribution in [0, 0.1) is 24.7 Å². The second kappa shape index (κ2) is 6.15. The van der Waals surface area contributed by atoms with E-state index in [0.29, 0.717) is 38.0 Å². The summed E-state index contributed by atoms with van der Waals surface area (Å²) in [6.07, 6.45) is 3.48. The van der Waals surface area contributed by atoms with Crippen LogP contribution in [-0.2, 0) is 4.79 Å². The molecule has 130 valence electrons. The largest absolute Gasteiger partial charge is 0.339 e. The van der Waals surface area contributed by atoms with E-state index < -0.39 is 0 Å².